The van der Waals surface area contributed by atoms with Gasteiger partial charge in [0.1, 0.15) is 12.5 Å². The minimum Gasteiger partial charge on any atom is -0.735 e. The average Bonchev–Trinajstić information content (AvgIpc) is 2.89. The smallest absolute Gasteiger partial charge is 0.227 e. The summed E-state index contributed by atoms with van der Waals surface area (Å²) in [6.45, 7) is 1.71. The van der Waals surface area contributed by atoms with Crippen LogP contribution in [0.1, 0.15) is 13.0 Å². The Kier molecular flexibility index (Phi) is 3.88. The zero-order valence-corrected chi connectivity index (χ0v) is 10.9. The number of hydrogen-bond donors (Lipinski definition) is 1. The maximum Gasteiger partial charge on any atom is 0.227 e. The predicted molar refractivity (Wildman–Crippen MR) is 62.3 cm³/mol. The van der Waals surface area contributed by atoms with E-state index in [4.69, 9.17) is 4.42 Å². The van der Waals surface area contributed by atoms with Gasteiger partial charge in [-0.15, -0.1) is 0 Å². The zero-order valence-electron chi connectivity index (χ0n) is 10.1. The Morgan fingerprint density at radius 2 is 2.37 bits per heavy atom. The van der Waals surface area contributed by atoms with E-state index in [-0.39, 0.29) is 12.6 Å². The van der Waals surface area contributed by atoms with Crippen molar-refractivity contribution in [1.29, 1.82) is 0 Å². The van der Waals surface area contributed by atoms with E-state index in [2.05, 4.69) is 10.1 Å². The van der Waals surface area contributed by atoms with Gasteiger partial charge in [0.05, 0.1) is 18.3 Å². The maximum atomic E-state index is 10.5. The van der Waals surface area contributed by atoms with Crippen LogP contribution in [0.2, 0.25) is 0 Å². The molecule has 19 heavy (non-hydrogen) atoms. The van der Waals surface area contributed by atoms with Crippen LogP contribution in [0, 0.1) is 0 Å². The van der Waals surface area contributed by atoms with Crippen molar-refractivity contribution in [2.75, 3.05) is 6.54 Å². The van der Waals surface area contributed by atoms with Crippen molar-refractivity contribution < 1.29 is 22.1 Å². The molecule has 0 radical (unpaired) electrons. The van der Waals surface area contributed by atoms with Crippen molar-refractivity contribution in [2.24, 2.45) is 0 Å². The van der Waals surface area contributed by atoms with Crippen LogP contribution in [0.15, 0.2) is 35.3 Å². The largest absolute Gasteiger partial charge is 0.735 e. The van der Waals surface area contributed by atoms with E-state index in [1.54, 1.807) is 25.4 Å². The number of nitrogens with one attached hydrogen (secondary N) is 1. The summed E-state index contributed by atoms with van der Waals surface area (Å²) >= 11 is 0. The molecule has 2 aromatic rings. The fourth-order valence-corrected chi connectivity index (χ4v) is 1.88. The third-order valence-corrected chi connectivity index (χ3v) is 2.94. The summed E-state index contributed by atoms with van der Waals surface area (Å²) in [4.78, 5) is 3.98. The number of hydrogen-bond acceptors (Lipinski definition) is 6. The first-order chi connectivity index (χ1) is 8.96. The molecule has 8 nitrogen and oxygen atoms in total. The molecule has 0 fully saturated rings. The first kappa shape index (κ1) is 13.6. The summed E-state index contributed by atoms with van der Waals surface area (Å²) in [5.74, 6) is 0.451. The van der Waals surface area contributed by atoms with Crippen LogP contribution in [0.4, 0.5) is 0 Å². The zero-order chi connectivity index (χ0) is 13.9. The lowest BCUT2D eigenvalue weighted by atomic mass is 10.3. The summed E-state index contributed by atoms with van der Waals surface area (Å²) in [7, 11) is -4.44. The molecule has 9 heteroatoms. The number of nitrogens with zero attached hydrogens (tertiary/aromatic N) is 3. The minimum absolute atomic E-state index is 0.0259. The highest BCUT2D eigenvalue weighted by molar-refractivity contribution is 7.83. The van der Waals surface area contributed by atoms with Crippen molar-refractivity contribution >= 4 is 10.3 Å². The van der Waals surface area contributed by atoms with E-state index < -0.39 is 10.3 Å². The topological polar surface area (TPSA) is 112 Å². The number of aromatic nitrogens is 3. The Hall–Kier alpha value is -1.84. The molecule has 0 amide bonds. The Bertz CT molecular complexity index is 624. The van der Waals surface area contributed by atoms with Gasteiger partial charge in [-0.25, -0.2) is 18.1 Å². The molecule has 0 spiro atoms. The molecular formula is C10H12N4O4S. The van der Waals surface area contributed by atoms with Gasteiger partial charge < -0.3 is 8.97 Å². The van der Waals surface area contributed by atoms with Crippen LogP contribution in [-0.2, 0) is 10.3 Å². The molecule has 0 saturated carbocycles. The molecule has 1 unspecified atom stereocenters. The van der Waals surface area contributed by atoms with Gasteiger partial charge in [0.2, 0.25) is 5.89 Å². The van der Waals surface area contributed by atoms with E-state index >= 15 is 0 Å². The molecule has 0 saturated heterocycles. The van der Waals surface area contributed by atoms with Crippen molar-refractivity contribution in [2.45, 2.75) is 13.0 Å². The third-order valence-electron chi connectivity index (χ3n) is 2.42. The highest BCUT2D eigenvalue weighted by Crippen LogP contribution is 2.13. The predicted octanol–water partition coefficient (Wildman–Crippen LogP) is -0.365. The van der Waals surface area contributed by atoms with Crippen LogP contribution >= 0.6 is 0 Å². The Morgan fingerprint density at radius 1 is 1.58 bits per heavy atom. The first-order valence-corrected chi connectivity index (χ1v) is 6.84. The molecule has 2 aromatic heterocycles. The Labute approximate surface area is 110 Å². The van der Waals surface area contributed by atoms with Gasteiger partial charge in [0, 0.05) is 13.0 Å². The van der Waals surface area contributed by atoms with Crippen LogP contribution in [0.3, 0.4) is 0 Å². The molecule has 1 N–H and O–H groups in total. The second kappa shape index (κ2) is 5.43. The standard InChI is InChI=1S/C10H12N4O4S/c1-8(6-13-19(15,16)17)14-4-2-9(7-12-14)10-11-3-5-18-10/h2-5,7-8,13H,6H2,1H3. The summed E-state index contributed by atoms with van der Waals surface area (Å²) in [6, 6.07) is 1.45. The van der Waals surface area contributed by atoms with Crippen molar-refractivity contribution in [1.82, 2.24) is 14.8 Å². The SMILES string of the molecule is CC(CNS(=O)(=O)[O-])[n+]1ccc(-c2ncco2)cn1. The van der Waals surface area contributed by atoms with Crippen LogP contribution < -0.4 is 9.40 Å². The fraction of sp³-hybridized carbons (Fsp3) is 0.300. The molecule has 2 rings (SSSR count). The van der Waals surface area contributed by atoms with Gasteiger partial charge >= 0.3 is 0 Å². The van der Waals surface area contributed by atoms with Crippen LogP contribution in [0.25, 0.3) is 11.5 Å². The van der Waals surface area contributed by atoms with Crippen molar-refractivity contribution in [3.05, 3.63) is 30.9 Å². The Balaban J connectivity index is 2.06. The van der Waals surface area contributed by atoms with Crippen molar-refractivity contribution in [3.63, 3.8) is 0 Å². The summed E-state index contributed by atoms with van der Waals surface area (Å²) in [6.07, 6.45) is 6.20. The number of oxazole rings is 1. The first-order valence-electron chi connectivity index (χ1n) is 5.43. The highest BCUT2D eigenvalue weighted by atomic mass is 32.2. The molecular weight excluding hydrogens is 272 g/mol. The quantitative estimate of drug-likeness (QED) is 0.592. The van der Waals surface area contributed by atoms with E-state index in [1.165, 1.54) is 17.1 Å². The lowest BCUT2D eigenvalue weighted by Crippen LogP contribution is -2.46. The van der Waals surface area contributed by atoms with Crippen LogP contribution in [-0.4, -0.2) is 29.6 Å². The van der Waals surface area contributed by atoms with Gasteiger partial charge in [0.15, 0.2) is 22.5 Å². The third kappa shape index (κ3) is 3.81. The number of rotatable bonds is 5. The van der Waals surface area contributed by atoms with Gasteiger partial charge in [-0.05, 0) is 5.10 Å². The summed E-state index contributed by atoms with van der Waals surface area (Å²) < 4.78 is 39.9. The lowest BCUT2D eigenvalue weighted by Gasteiger charge is -2.10. The van der Waals surface area contributed by atoms with E-state index in [1.807, 2.05) is 4.72 Å². The average molecular weight is 284 g/mol. The molecule has 1 atom stereocenters. The van der Waals surface area contributed by atoms with E-state index in [0.29, 0.717) is 11.5 Å². The minimum atomic E-state index is -4.44. The van der Waals surface area contributed by atoms with E-state index in [0.717, 1.165) is 0 Å². The summed E-state index contributed by atoms with van der Waals surface area (Å²) in [5, 5.41) is 4.12. The monoisotopic (exact) mass is 284 g/mol. The molecule has 102 valence electrons. The fourth-order valence-electron chi connectivity index (χ4n) is 1.44. The van der Waals surface area contributed by atoms with Gasteiger partial charge in [-0.2, -0.15) is 0 Å². The normalized spacial score (nSPS) is 13.4. The van der Waals surface area contributed by atoms with E-state index in [9.17, 15) is 13.0 Å². The van der Waals surface area contributed by atoms with Crippen LogP contribution in [0.5, 0.6) is 0 Å². The van der Waals surface area contributed by atoms with Crippen molar-refractivity contribution in [3.8, 4) is 11.5 Å². The molecule has 0 aliphatic heterocycles. The highest BCUT2D eigenvalue weighted by Gasteiger charge is 2.16. The molecule has 0 aliphatic carbocycles. The maximum absolute atomic E-state index is 10.5. The summed E-state index contributed by atoms with van der Waals surface area (Å²) in [5.41, 5.74) is 0.706. The van der Waals surface area contributed by atoms with Gasteiger partial charge in [-0.1, -0.05) is 4.68 Å². The molecule has 0 aromatic carbocycles. The second-order valence-electron chi connectivity index (χ2n) is 3.88. The second-order valence-corrected chi connectivity index (χ2v) is 5.08. The van der Waals surface area contributed by atoms with Gasteiger partial charge in [0.25, 0.3) is 0 Å². The molecule has 0 bridgehead atoms. The lowest BCUT2D eigenvalue weighted by molar-refractivity contribution is -0.772. The van der Waals surface area contributed by atoms with Gasteiger partial charge in [-0.3, -0.25) is 0 Å². The Morgan fingerprint density at radius 3 is 2.89 bits per heavy atom. The molecule has 2 heterocycles. The molecule has 0 aliphatic rings.